The summed E-state index contributed by atoms with van der Waals surface area (Å²) in [6.45, 7) is 6.36. The maximum Gasteiger partial charge on any atom is 0.421 e. The SMILES string of the molecule is CN(c1nccnc1CNc1nc(Nc2ccc(N3CCC(N4CCN(Cc5ccc(N6CCC(=O)NC6=O)cn5)CC4)CC3)cc2)ncc1C(F)(F)F)S(C)(=O)=O. The van der Waals surface area contributed by atoms with Crippen molar-refractivity contribution in [3.8, 4) is 0 Å². The van der Waals surface area contributed by atoms with Crippen LogP contribution in [0.15, 0.2) is 61.2 Å². The number of nitrogens with one attached hydrogen (secondary N) is 3. The highest BCUT2D eigenvalue weighted by Gasteiger charge is 2.36. The van der Waals surface area contributed by atoms with E-state index >= 15 is 0 Å². The second-order valence-corrected chi connectivity index (χ2v) is 16.3. The second kappa shape index (κ2) is 17.0. The number of anilines is 6. The Balaban J connectivity index is 0.890. The molecule has 0 bridgehead atoms. The summed E-state index contributed by atoms with van der Waals surface area (Å²) in [6.07, 6.45) is 3.53. The molecule has 0 atom stereocenters. The fourth-order valence-electron chi connectivity index (χ4n) is 7.23. The molecule has 58 heavy (non-hydrogen) atoms. The number of hydrogen-bond acceptors (Lipinski definition) is 14. The highest BCUT2D eigenvalue weighted by molar-refractivity contribution is 7.92. The third-order valence-electron chi connectivity index (χ3n) is 10.5. The first kappa shape index (κ1) is 40.5. The summed E-state index contributed by atoms with van der Waals surface area (Å²) >= 11 is 0. The van der Waals surface area contributed by atoms with Crippen LogP contribution in [0.1, 0.15) is 36.2 Å². The molecule has 3 aromatic heterocycles. The summed E-state index contributed by atoms with van der Waals surface area (Å²) in [5.41, 5.74) is 2.25. The number of urea groups is 1. The Kier molecular flexibility index (Phi) is 11.9. The summed E-state index contributed by atoms with van der Waals surface area (Å²) in [5, 5.41) is 7.96. The standard InChI is InChI=1S/C37H44F3N13O4S/c1-49(58(2,56)57)34-31(41-12-13-42-34)23-44-33-30(37(38,39)40)22-45-35(48-33)46-25-3-6-27(7-4-25)51-14-9-28(10-15-51)52-19-17-50(18-20-52)24-26-5-8-29(21-43-26)53-16-11-32(54)47-36(53)55/h3-8,12-13,21-22,28H,9-11,14-20,23-24H2,1-2H3,(H,47,54,55)(H2,44,45,46,48). The number of sulfonamides is 1. The molecule has 3 aliphatic heterocycles. The average Bonchev–Trinajstić information content (AvgIpc) is 3.20. The summed E-state index contributed by atoms with van der Waals surface area (Å²) < 4.78 is 66.9. The van der Waals surface area contributed by atoms with Crippen LogP contribution in [0.4, 0.5) is 52.6 Å². The zero-order valence-electron chi connectivity index (χ0n) is 32.0. The van der Waals surface area contributed by atoms with Gasteiger partial charge in [-0.05, 0) is 49.2 Å². The van der Waals surface area contributed by atoms with Gasteiger partial charge in [0.05, 0.1) is 30.4 Å². The Bertz CT molecular complexity index is 2200. The largest absolute Gasteiger partial charge is 0.421 e. The molecule has 3 saturated heterocycles. The van der Waals surface area contributed by atoms with Gasteiger partial charge in [0, 0.05) is 102 Å². The van der Waals surface area contributed by atoms with E-state index in [1.165, 1.54) is 24.3 Å². The lowest BCUT2D eigenvalue weighted by molar-refractivity contribution is -0.137. The fraction of sp³-hybridized carbons (Fsp3) is 0.432. The van der Waals surface area contributed by atoms with E-state index in [0.29, 0.717) is 30.2 Å². The monoisotopic (exact) mass is 823 g/mol. The van der Waals surface area contributed by atoms with E-state index in [1.807, 2.05) is 36.4 Å². The topological polar surface area (TPSA) is 185 Å². The van der Waals surface area contributed by atoms with E-state index in [1.54, 1.807) is 6.20 Å². The molecule has 3 fully saturated rings. The number of carbonyl (C=O) groups is 2. The summed E-state index contributed by atoms with van der Waals surface area (Å²) in [7, 11) is -2.42. The average molecular weight is 824 g/mol. The predicted molar refractivity (Wildman–Crippen MR) is 211 cm³/mol. The molecular formula is C37H44F3N13O4S. The zero-order valence-corrected chi connectivity index (χ0v) is 32.8. The number of nitrogens with zero attached hydrogens (tertiary/aromatic N) is 10. The van der Waals surface area contributed by atoms with Gasteiger partial charge >= 0.3 is 12.2 Å². The van der Waals surface area contributed by atoms with Crippen molar-refractivity contribution in [3.63, 3.8) is 0 Å². The molecule has 0 unspecified atom stereocenters. The molecule has 7 rings (SSSR count). The first-order valence-corrected chi connectivity index (χ1v) is 20.6. The van der Waals surface area contributed by atoms with E-state index in [9.17, 15) is 31.2 Å². The Hall–Kier alpha value is -5.67. The van der Waals surface area contributed by atoms with Crippen molar-refractivity contribution in [2.24, 2.45) is 0 Å². The number of alkyl halides is 3. The molecule has 17 nitrogen and oxygen atoms in total. The number of carbonyl (C=O) groups excluding carboxylic acids is 2. The molecule has 0 aliphatic carbocycles. The van der Waals surface area contributed by atoms with Gasteiger partial charge in [-0.2, -0.15) is 18.2 Å². The minimum absolute atomic E-state index is 0.0243. The van der Waals surface area contributed by atoms with Gasteiger partial charge < -0.3 is 15.5 Å². The quantitative estimate of drug-likeness (QED) is 0.188. The molecule has 21 heteroatoms. The maximum absolute atomic E-state index is 13.9. The Labute approximate surface area is 333 Å². The van der Waals surface area contributed by atoms with Crippen LogP contribution in [0.25, 0.3) is 0 Å². The lowest BCUT2D eigenvalue weighted by Crippen LogP contribution is -2.53. The number of piperazine rings is 1. The molecule has 1 aromatic carbocycles. The van der Waals surface area contributed by atoms with Crippen molar-refractivity contribution in [3.05, 3.63) is 78.1 Å². The maximum atomic E-state index is 13.9. The zero-order chi connectivity index (χ0) is 41.0. The molecular weight excluding hydrogens is 780 g/mol. The summed E-state index contributed by atoms with van der Waals surface area (Å²) in [4.78, 5) is 53.2. The number of pyridine rings is 1. The van der Waals surface area contributed by atoms with E-state index in [2.05, 4.69) is 55.6 Å². The molecule has 308 valence electrons. The van der Waals surface area contributed by atoms with Gasteiger partial charge in [-0.25, -0.2) is 23.2 Å². The van der Waals surface area contributed by atoms with Crippen LogP contribution >= 0.6 is 0 Å². The third-order valence-corrected chi connectivity index (χ3v) is 11.7. The molecule has 0 radical (unpaired) electrons. The number of aromatic nitrogens is 5. The number of halogens is 3. The minimum atomic E-state index is -4.76. The van der Waals surface area contributed by atoms with E-state index < -0.39 is 33.6 Å². The molecule has 0 saturated carbocycles. The molecule has 3 amide bonds. The summed E-state index contributed by atoms with van der Waals surface area (Å²) in [6, 6.07) is 11.5. The van der Waals surface area contributed by atoms with Crippen LogP contribution in [0, 0.1) is 0 Å². The number of hydrogen-bond donors (Lipinski definition) is 3. The van der Waals surface area contributed by atoms with E-state index in [4.69, 9.17) is 0 Å². The Morgan fingerprint density at radius 3 is 2.24 bits per heavy atom. The Morgan fingerprint density at radius 2 is 1.59 bits per heavy atom. The van der Waals surface area contributed by atoms with Crippen LogP contribution in [0.5, 0.6) is 0 Å². The van der Waals surface area contributed by atoms with Crippen LogP contribution in [0.3, 0.4) is 0 Å². The van der Waals surface area contributed by atoms with Crippen LogP contribution < -0.4 is 30.1 Å². The van der Waals surface area contributed by atoms with Crippen molar-refractivity contribution < 1.29 is 31.2 Å². The van der Waals surface area contributed by atoms with Gasteiger partial charge in [0.15, 0.2) is 5.82 Å². The second-order valence-electron chi connectivity index (χ2n) is 14.3. The normalized spacial score (nSPS) is 17.6. The van der Waals surface area contributed by atoms with Crippen molar-refractivity contribution in [1.29, 1.82) is 0 Å². The number of rotatable bonds is 12. The summed E-state index contributed by atoms with van der Waals surface area (Å²) in [5.74, 6) is -0.853. The molecule has 0 spiro atoms. The lowest BCUT2D eigenvalue weighted by atomic mass is 10.0. The molecule has 3 N–H and O–H groups in total. The first-order chi connectivity index (χ1) is 27.7. The van der Waals surface area contributed by atoms with Gasteiger partial charge in [0.1, 0.15) is 17.1 Å². The van der Waals surface area contributed by atoms with Crippen LogP contribution in [0.2, 0.25) is 0 Å². The molecule has 3 aliphatic rings. The van der Waals surface area contributed by atoms with Gasteiger partial charge in [-0.1, -0.05) is 0 Å². The number of amides is 3. The van der Waals surface area contributed by atoms with Gasteiger partial charge in [-0.3, -0.25) is 39.1 Å². The van der Waals surface area contributed by atoms with Crippen molar-refractivity contribution in [2.75, 3.05) is 83.9 Å². The fourth-order valence-corrected chi connectivity index (χ4v) is 7.69. The van der Waals surface area contributed by atoms with Gasteiger partial charge in [0.25, 0.3) is 0 Å². The van der Waals surface area contributed by atoms with E-state index in [0.717, 1.165) is 80.6 Å². The smallest absolute Gasteiger partial charge is 0.371 e. The van der Waals surface area contributed by atoms with E-state index in [-0.39, 0.29) is 36.3 Å². The Morgan fingerprint density at radius 1 is 0.879 bits per heavy atom. The highest BCUT2D eigenvalue weighted by Crippen LogP contribution is 2.35. The first-order valence-electron chi connectivity index (χ1n) is 18.8. The number of imide groups is 1. The van der Waals surface area contributed by atoms with Gasteiger partial charge in [-0.15, -0.1) is 0 Å². The molecule has 6 heterocycles. The van der Waals surface area contributed by atoms with Gasteiger partial charge in [0.2, 0.25) is 21.9 Å². The minimum Gasteiger partial charge on any atom is -0.371 e. The van der Waals surface area contributed by atoms with Crippen molar-refractivity contribution >= 4 is 56.6 Å². The lowest BCUT2D eigenvalue weighted by Gasteiger charge is -2.43. The van der Waals surface area contributed by atoms with Crippen molar-refractivity contribution in [1.82, 2.24) is 40.0 Å². The number of benzene rings is 1. The highest BCUT2D eigenvalue weighted by atomic mass is 32.2. The number of piperidine rings is 1. The van der Waals surface area contributed by atoms with Crippen LogP contribution in [-0.4, -0.2) is 120 Å². The van der Waals surface area contributed by atoms with Crippen LogP contribution in [-0.2, 0) is 34.1 Å². The third kappa shape index (κ3) is 9.71. The van der Waals surface area contributed by atoms with Crippen molar-refractivity contribution in [2.45, 2.75) is 44.6 Å². The molecule has 4 aromatic rings. The predicted octanol–water partition coefficient (Wildman–Crippen LogP) is 3.66.